The van der Waals surface area contributed by atoms with Crippen LogP contribution in [0.15, 0.2) is 29.9 Å². The van der Waals surface area contributed by atoms with Gasteiger partial charge in [0.1, 0.15) is 12.1 Å². The normalized spacial score (nSPS) is 17.2. The van der Waals surface area contributed by atoms with E-state index in [2.05, 4.69) is 19.7 Å². The van der Waals surface area contributed by atoms with Crippen molar-refractivity contribution in [1.29, 1.82) is 5.26 Å². The Bertz CT molecular complexity index is 958. The number of aromatic amines is 1. The topological polar surface area (TPSA) is 97.7 Å². The predicted octanol–water partition coefficient (Wildman–Crippen LogP) is 3.00. The quantitative estimate of drug-likeness (QED) is 0.740. The number of fused-ring (bicyclic) bond motifs is 1. The molecule has 1 saturated heterocycles. The van der Waals surface area contributed by atoms with Crippen LogP contribution in [0.5, 0.6) is 0 Å². The number of nitriles is 1. The molecule has 3 aromatic heterocycles. The number of carbonyl (C=O) groups excluding carboxylic acids is 1. The summed E-state index contributed by atoms with van der Waals surface area (Å²) in [6.45, 7) is 1.32. The minimum Gasteiger partial charge on any atom is -0.379 e. The molecule has 0 aromatic carbocycles. The summed E-state index contributed by atoms with van der Waals surface area (Å²) < 4.78 is 4.45. The van der Waals surface area contributed by atoms with Gasteiger partial charge in [-0.3, -0.25) is 4.79 Å². The number of aromatic nitrogens is 3. The standard InChI is InChI=1S/C18H18N6OS/c19-6-3-16(25)24-8-1-2-12(11-24)22-17-13-4-7-20-18(13)21-10-14(17)15-5-9-26-23-15/h4-5,7,9-10,12H,1-3,8,11H2,(H2,20,21,22)/t12-/m1/s1. The lowest BCUT2D eigenvalue weighted by molar-refractivity contribution is -0.131. The summed E-state index contributed by atoms with van der Waals surface area (Å²) in [6.07, 6.45) is 5.53. The second-order valence-electron chi connectivity index (χ2n) is 6.33. The van der Waals surface area contributed by atoms with Gasteiger partial charge in [-0.25, -0.2) is 4.98 Å². The first-order chi connectivity index (χ1) is 12.8. The lowest BCUT2D eigenvalue weighted by Gasteiger charge is -2.33. The second kappa shape index (κ2) is 7.14. The van der Waals surface area contributed by atoms with Gasteiger partial charge < -0.3 is 15.2 Å². The smallest absolute Gasteiger partial charge is 0.236 e. The van der Waals surface area contributed by atoms with E-state index in [1.165, 1.54) is 11.5 Å². The van der Waals surface area contributed by atoms with Crippen molar-refractivity contribution in [3.63, 3.8) is 0 Å². The Hall–Kier alpha value is -2.92. The van der Waals surface area contributed by atoms with Crippen LogP contribution in [-0.4, -0.2) is 44.3 Å². The first-order valence-corrected chi connectivity index (χ1v) is 9.38. The average Bonchev–Trinajstić information content (AvgIpc) is 3.34. The van der Waals surface area contributed by atoms with Crippen molar-refractivity contribution in [2.45, 2.75) is 25.3 Å². The van der Waals surface area contributed by atoms with E-state index in [9.17, 15) is 4.79 Å². The fourth-order valence-corrected chi connectivity index (χ4v) is 3.94. The van der Waals surface area contributed by atoms with Gasteiger partial charge in [-0.1, -0.05) is 0 Å². The number of pyridine rings is 1. The number of nitrogens with zero attached hydrogens (tertiary/aromatic N) is 4. The molecule has 0 bridgehead atoms. The molecule has 1 fully saturated rings. The highest BCUT2D eigenvalue weighted by Crippen LogP contribution is 2.34. The average molecular weight is 366 g/mol. The number of H-pyrrole nitrogens is 1. The van der Waals surface area contributed by atoms with E-state index >= 15 is 0 Å². The molecule has 4 heterocycles. The molecule has 1 atom stereocenters. The van der Waals surface area contributed by atoms with Gasteiger partial charge in [0.2, 0.25) is 5.91 Å². The van der Waals surface area contributed by atoms with E-state index in [1.54, 1.807) is 4.90 Å². The van der Waals surface area contributed by atoms with Gasteiger partial charge in [-0.05, 0) is 36.5 Å². The second-order valence-corrected chi connectivity index (χ2v) is 7.00. The van der Waals surface area contributed by atoms with Crippen molar-refractivity contribution in [2.75, 3.05) is 18.4 Å². The molecule has 4 rings (SSSR count). The molecular weight excluding hydrogens is 348 g/mol. The molecule has 8 heteroatoms. The monoisotopic (exact) mass is 366 g/mol. The van der Waals surface area contributed by atoms with E-state index in [1.807, 2.05) is 36.0 Å². The molecule has 132 valence electrons. The highest BCUT2D eigenvalue weighted by Gasteiger charge is 2.25. The van der Waals surface area contributed by atoms with Crippen LogP contribution in [-0.2, 0) is 4.79 Å². The van der Waals surface area contributed by atoms with Crippen LogP contribution in [0.4, 0.5) is 5.69 Å². The van der Waals surface area contributed by atoms with Crippen LogP contribution < -0.4 is 5.32 Å². The summed E-state index contributed by atoms with van der Waals surface area (Å²) in [5.74, 6) is -0.0970. The molecule has 0 aliphatic carbocycles. The van der Waals surface area contributed by atoms with Crippen molar-refractivity contribution < 1.29 is 4.79 Å². The summed E-state index contributed by atoms with van der Waals surface area (Å²) in [5, 5.41) is 15.4. The maximum absolute atomic E-state index is 12.1. The van der Waals surface area contributed by atoms with Crippen LogP contribution in [0, 0.1) is 11.3 Å². The molecule has 1 aliphatic rings. The Labute approximate surface area is 154 Å². The number of carbonyl (C=O) groups is 1. The fraction of sp³-hybridized carbons (Fsp3) is 0.333. The SMILES string of the molecule is N#CCC(=O)N1CCC[C@@H](Nc2c(-c3ccsn3)cnc3[nH]ccc23)C1. The first-order valence-electron chi connectivity index (χ1n) is 8.54. The van der Waals surface area contributed by atoms with Gasteiger partial charge in [-0.2, -0.15) is 9.64 Å². The molecule has 0 spiro atoms. The molecular formula is C18H18N6OS. The lowest BCUT2D eigenvalue weighted by Crippen LogP contribution is -2.45. The Morgan fingerprint density at radius 3 is 3.23 bits per heavy atom. The fourth-order valence-electron chi connectivity index (χ4n) is 3.41. The first kappa shape index (κ1) is 16.5. The number of hydrogen-bond acceptors (Lipinski definition) is 6. The Morgan fingerprint density at radius 1 is 1.50 bits per heavy atom. The van der Waals surface area contributed by atoms with Gasteiger partial charge in [0, 0.05) is 47.9 Å². The van der Waals surface area contributed by atoms with Crippen molar-refractivity contribution in [2.24, 2.45) is 0 Å². The number of anilines is 1. The number of piperidine rings is 1. The van der Waals surface area contributed by atoms with E-state index in [0.29, 0.717) is 13.1 Å². The number of nitrogens with one attached hydrogen (secondary N) is 2. The molecule has 0 unspecified atom stereocenters. The van der Waals surface area contributed by atoms with Gasteiger partial charge >= 0.3 is 0 Å². The summed E-state index contributed by atoms with van der Waals surface area (Å²) in [4.78, 5) is 21.5. The van der Waals surface area contributed by atoms with E-state index < -0.39 is 0 Å². The molecule has 1 aliphatic heterocycles. The van der Waals surface area contributed by atoms with Crippen LogP contribution in [0.3, 0.4) is 0 Å². The Balaban J connectivity index is 1.64. The molecule has 3 aromatic rings. The van der Waals surface area contributed by atoms with E-state index in [4.69, 9.17) is 5.26 Å². The third kappa shape index (κ3) is 3.13. The third-order valence-electron chi connectivity index (χ3n) is 4.65. The summed E-state index contributed by atoms with van der Waals surface area (Å²) in [5.41, 5.74) is 3.65. The number of amides is 1. The maximum atomic E-state index is 12.1. The maximum Gasteiger partial charge on any atom is 0.236 e. The molecule has 7 nitrogen and oxygen atoms in total. The van der Waals surface area contributed by atoms with Crippen molar-refractivity contribution in [1.82, 2.24) is 19.2 Å². The van der Waals surface area contributed by atoms with Crippen molar-refractivity contribution >= 4 is 34.2 Å². The molecule has 1 amide bonds. The minimum atomic E-state index is -0.0970. The van der Waals surface area contributed by atoms with E-state index in [0.717, 1.165) is 40.8 Å². The number of likely N-dealkylation sites (tertiary alicyclic amines) is 1. The van der Waals surface area contributed by atoms with Crippen LogP contribution in [0.2, 0.25) is 0 Å². The summed E-state index contributed by atoms with van der Waals surface area (Å²) in [6, 6.07) is 6.06. The number of hydrogen-bond donors (Lipinski definition) is 2. The zero-order chi connectivity index (χ0) is 17.9. The molecule has 26 heavy (non-hydrogen) atoms. The molecule has 0 saturated carbocycles. The Morgan fingerprint density at radius 2 is 2.42 bits per heavy atom. The largest absolute Gasteiger partial charge is 0.379 e. The lowest BCUT2D eigenvalue weighted by atomic mass is 10.0. The van der Waals surface area contributed by atoms with Crippen molar-refractivity contribution in [3.05, 3.63) is 29.9 Å². The minimum absolute atomic E-state index is 0.0614. The Kier molecular flexibility index (Phi) is 4.54. The van der Waals surface area contributed by atoms with Gasteiger partial charge in [0.15, 0.2) is 0 Å². The van der Waals surface area contributed by atoms with Crippen LogP contribution in [0.1, 0.15) is 19.3 Å². The highest BCUT2D eigenvalue weighted by molar-refractivity contribution is 7.03. The predicted molar refractivity (Wildman–Crippen MR) is 101 cm³/mol. The van der Waals surface area contributed by atoms with Gasteiger partial charge in [0.05, 0.1) is 17.5 Å². The summed E-state index contributed by atoms with van der Waals surface area (Å²) in [7, 11) is 0. The van der Waals surface area contributed by atoms with Gasteiger partial charge in [0.25, 0.3) is 0 Å². The highest BCUT2D eigenvalue weighted by atomic mass is 32.1. The van der Waals surface area contributed by atoms with Gasteiger partial charge in [-0.15, -0.1) is 0 Å². The summed E-state index contributed by atoms with van der Waals surface area (Å²) >= 11 is 1.41. The molecule has 0 radical (unpaired) electrons. The zero-order valence-electron chi connectivity index (χ0n) is 14.1. The zero-order valence-corrected chi connectivity index (χ0v) is 14.9. The number of rotatable bonds is 4. The van der Waals surface area contributed by atoms with Crippen molar-refractivity contribution in [3.8, 4) is 17.3 Å². The van der Waals surface area contributed by atoms with Crippen LogP contribution in [0.25, 0.3) is 22.3 Å². The van der Waals surface area contributed by atoms with E-state index in [-0.39, 0.29) is 18.4 Å². The third-order valence-corrected chi connectivity index (χ3v) is 5.21. The molecule has 2 N–H and O–H groups in total. The van der Waals surface area contributed by atoms with Crippen LogP contribution >= 0.6 is 11.5 Å².